The maximum atomic E-state index is 13.2. The van der Waals surface area contributed by atoms with E-state index < -0.39 is 0 Å². The van der Waals surface area contributed by atoms with Crippen molar-refractivity contribution in [1.29, 1.82) is 0 Å². The molecule has 2 aliphatic heterocycles. The normalized spacial score (nSPS) is 15.9. The fourth-order valence-corrected chi connectivity index (χ4v) is 4.98. The number of carbonyl (C=O) groups excluding carboxylic acids is 2. The summed E-state index contributed by atoms with van der Waals surface area (Å²) in [5.41, 5.74) is 4.28. The lowest BCUT2D eigenvalue weighted by Crippen LogP contribution is -2.46. The molecular weight excluding hydrogens is 456 g/mol. The Morgan fingerprint density at radius 1 is 0.944 bits per heavy atom. The monoisotopic (exact) mass is 488 g/mol. The van der Waals surface area contributed by atoms with Crippen molar-refractivity contribution in [1.82, 2.24) is 14.8 Å². The largest absolute Gasteiger partial charge is 0.486 e. The summed E-state index contributed by atoms with van der Waals surface area (Å²) in [6, 6.07) is 17.4. The van der Waals surface area contributed by atoms with Gasteiger partial charge >= 0.3 is 0 Å². The number of nitrogens with one attached hydrogen (secondary N) is 2. The van der Waals surface area contributed by atoms with Crippen LogP contribution in [0.2, 0.25) is 0 Å². The van der Waals surface area contributed by atoms with Gasteiger partial charge in [-0.05, 0) is 57.0 Å². The van der Waals surface area contributed by atoms with Crippen LogP contribution < -0.4 is 20.1 Å². The Balaban J connectivity index is 1.17. The van der Waals surface area contributed by atoms with Gasteiger partial charge in [0.25, 0.3) is 5.91 Å². The Kier molecular flexibility index (Phi) is 6.95. The molecule has 0 bridgehead atoms. The van der Waals surface area contributed by atoms with E-state index in [2.05, 4.69) is 20.1 Å². The minimum Gasteiger partial charge on any atom is -0.486 e. The average Bonchev–Trinajstić information content (AvgIpc) is 3.19. The second kappa shape index (κ2) is 10.5. The van der Waals surface area contributed by atoms with E-state index in [1.54, 1.807) is 0 Å². The van der Waals surface area contributed by atoms with E-state index in [0.29, 0.717) is 25.3 Å². The number of benzene rings is 2. The molecule has 2 N–H and O–H groups in total. The topological polar surface area (TPSA) is 84.8 Å². The summed E-state index contributed by atoms with van der Waals surface area (Å²) in [6.45, 7) is 6.94. The number of piperidine rings is 1. The number of likely N-dealkylation sites (tertiary alicyclic amines) is 1. The maximum Gasteiger partial charge on any atom is 0.253 e. The van der Waals surface area contributed by atoms with Crippen molar-refractivity contribution < 1.29 is 19.1 Å². The summed E-state index contributed by atoms with van der Waals surface area (Å²) in [5, 5.41) is 6.14. The van der Waals surface area contributed by atoms with Gasteiger partial charge in [-0.25, -0.2) is 0 Å². The van der Waals surface area contributed by atoms with Crippen LogP contribution in [0.5, 0.6) is 11.5 Å². The van der Waals surface area contributed by atoms with E-state index >= 15 is 0 Å². The third-order valence-corrected chi connectivity index (χ3v) is 6.81. The van der Waals surface area contributed by atoms with Crippen molar-refractivity contribution in [2.75, 3.05) is 38.2 Å². The molecule has 1 saturated heterocycles. The second-order valence-electron chi connectivity index (χ2n) is 9.39. The van der Waals surface area contributed by atoms with Gasteiger partial charge in [-0.3, -0.25) is 14.5 Å². The van der Waals surface area contributed by atoms with Crippen LogP contribution >= 0.6 is 0 Å². The summed E-state index contributed by atoms with van der Waals surface area (Å²) in [7, 11) is 0. The number of carbonyl (C=O) groups is 2. The minimum atomic E-state index is -0.0628. The molecule has 0 unspecified atom stereocenters. The predicted molar refractivity (Wildman–Crippen MR) is 138 cm³/mol. The lowest BCUT2D eigenvalue weighted by Gasteiger charge is -2.31. The highest BCUT2D eigenvalue weighted by Crippen LogP contribution is 2.33. The smallest absolute Gasteiger partial charge is 0.253 e. The zero-order valence-corrected chi connectivity index (χ0v) is 20.8. The van der Waals surface area contributed by atoms with Crippen molar-refractivity contribution in [3.8, 4) is 17.2 Å². The maximum absolute atomic E-state index is 13.2. The lowest BCUT2D eigenvalue weighted by molar-refractivity contribution is -0.117. The first kappa shape index (κ1) is 23.9. The van der Waals surface area contributed by atoms with Gasteiger partial charge in [0.1, 0.15) is 13.2 Å². The molecule has 8 nitrogen and oxygen atoms in total. The van der Waals surface area contributed by atoms with E-state index in [-0.39, 0.29) is 17.9 Å². The van der Waals surface area contributed by atoms with Gasteiger partial charge in [-0.1, -0.05) is 18.2 Å². The molecule has 1 fully saturated rings. The van der Waals surface area contributed by atoms with E-state index in [1.807, 2.05) is 68.4 Å². The summed E-state index contributed by atoms with van der Waals surface area (Å²) >= 11 is 0. The molecule has 8 heteroatoms. The SMILES string of the molecule is Cc1cc(C(=O)NC2CCN(CC(=O)Nc3ccccc3)CC2)c(C)n1-c1ccc2c(c1)OCCO2. The third-order valence-electron chi connectivity index (χ3n) is 6.81. The van der Waals surface area contributed by atoms with Crippen LogP contribution in [0.25, 0.3) is 5.69 Å². The molecule has 3 heterocycles. The molecule has 0 aliphatic carbocycles. The van der Waals surface area contributed by atoms with E-state index in [4.69, 9.17) is 9.47 Å². The molecule has 3 aromatic rings. The molecule has 0 radical (unpaired) electrons. The molecule has 2 aliphatic rings. The van der Waals surface area contributed by atoms with Gasteiger partial charge in [0.15, 0.2) is 11.5 Å². The van der Waals surface area contributed by atoms with Crippen LogP contribution in [0.3, 0.4) is 0 Å². The fraction of sp³-hybridized carbons (Fsp3) is 0.357. The van der Waals surface area contributed by atoms with Gasteiger partial charge in [-0.15, -0.1) is 0 Å². The summed E-state index contributed by atoms with van der Waals surface area (Å²) in [6.07, 6.45) is 1.62. The first-order valence-electron chi connectivity index (χ1n) is 12.4. The van der Waals surface area contributed by atoms with Crippen molar-refractivity contribution >= 4 is 17.5 Å². The van der Waals surface area contributed by atoms with Crippen molar-refractivity contribution in [2.45, 2.75) is 32.7 Å². The molecule has 2 aromatic carbocycles. The Morgan fingerprint density at radius 2 is 1.67 bits per heavy atom. The number of ether oxygens (including phenoxy) is 2. The minimum absolute atomic E-state index is 0.0183. The zero-order valence-electron chi connectivity index (χ0n) is 20.8. The molecule has 5 rings (SSSR count). The number of aromatic nitrogens is 1. The summed E-state index contributed by atoms with van der Waals surface area (Å²) < 4.78 is 13.4. The van der Waals surface area contributed by atoms with Crippen LogP contribution in [0.15, 0.2) is 54.6 Å². The van der Waals surface area contributed by atoms with Gasteiger partial charge in [0, 0.05) is 48.0 Å². The Hall–Kier alpha value is -3.78. The number of rotatable bonds is 6. The molecule has 0 saturated carbocycles. The standard InChI is InChI=1S/C28H32N4O4/c1-19-16-24(20(2)32(19)23-8-9-25-26(17-23)36-15-14-35-25)28(34)30-22-10-12-31(13-11-22)18-27(33)29-21-6-4-3-5-7-21/h3-9,16-17,22H,10-15,18H2,1-2H3,(H,29,33)(H,30,34). The van der Waals surface area contributed by atoms with E-state index in [1.165, 1.54) is 0 Å². The van der Waals surface area contributed by atoms with Crippen LogP contribution in [-0.2, 0) is 4.79 Å². The van der Waals surface area contributed by atoms with Crippen molar-refractivity contribution in [3.63, 3.8) is 0 Å². The number of amides is 2. The van der Waals surface area contributed by atoms with Gasteiger partial charge in [0.2, 0.25) is 5.91 Å². The quantitative estimate of drug-likeness (QED) is 0.553. The highest BCUT2D eigenvalue weighted by molar-refractivity contribution is 5.96. The predicted octanol–water partition coefficient (Wildman–Crippen LogP) is 3.70. The molecule has 1 aromatic heterocycles. The first-order valence-corrected chi connectivity index (χ1v) is 12.4. The number of fused-ring (bicyclic) bond motifs is 1. The summed E-state index contributed by atoms with van der Waals surface area (Å²) in [4.78, 5) is 27.7. The van der Waals surface area contributed by atoms with Crippen molar-refractivity contribution in [2.24, 2.45) is 0 Å². The van der Waals surface area contributed by atoms with Crippen LogP contribution in [-0.4, -0.2) is 60.2 Å². The summed E-state index contributed by atoms with van der Waals surface area (Å²) in [5.74, 6) is 1.39. The molecule has 0 spiro atoms. The highest BCUT2D eigenvalue weighted by Gasteiger charge is 2.25. The first-order chi connectivity index (χ1) is 17.5. The molecular formula is C28H32N4O4. The van der Waals surface area contributed by atoms with Crippen LogP contribution in [0.1, 0.15) is 34.6 Å². The lowest BCUT2D eigenvalue weighted by atomic mass is 10.0. The third kappa shape index (κ3) is 5.23. The molecule has 36 heavy (non-hydrogen) atoms. The fourth-order valence-electron chi connectivity index (χ4n) is 4.98. The molecule has 188 valence electrons. The van der Waals surface area contributed by atoms with Gasteiger partial charge in [0.05, 0.1) is 12.1 Å². The number of para-hydroxylation sites is 1. The molecule has 2 amide bonds. The van der Waals surface area contributed by atoms with Crippen molar-refractivity contribution in [3.05, 3.63) is 71.5 Å². The number of aryl methyl sites for hydroxylation is 1. The number of nitrogens with zero attached hydrogens (tertiary/aromatic N) is 2. The molecule has 0 atom stereocenters. The van der Waals surface area contributed by atoms with E-state index in [0.717, 1.165) is 60.2 Å². The zero-order chi connectivity index (χ0) is 25.1. The Morgan fingerprint density at radius 3 is 2.42 bits per heavy atom. The Bertz CT molecular complexity index is 1250. The second-order valence-corrected chi connectivity index (χ2v) is 9.39. The number of anilines is 1. The highest BCUT2D eigenvalue weighted by atomic mass is 16.6. The van der Waals surface area contributed by atoms with Gasteiger partial charge in [-0.2, -0.15) is 0 Å². The van der Waals surface area contributed by atoms with Gasteiger partial charge < -0.3 is 24.7 Å². The Labute approximate surface area is 211 Å². The van der Waals surface area contributed by atoms with Crippen LogP contribution in [0, 0.1) is 13.8 Å². The number of hydrogen-bond donors (Lipinski definition) is 2. The number of hydrogen-bond acceptors (Lipinski definition) is 5. The average molecular weight is 489 g/mol. The van der Waals surface area contributed by atoms with E-state index in [9.17, 15) is 9.59 Å². The van der Waals surface area contributed by atoms with Crippen LogP contribution in [0.4, 0.5) is 5.69 Å².